The van der Waals surface area contributed by atoms with Crippen molar-refractivity contribution in [1.82, 2.24) is 4.98 Å². The molecule has 26 heavy (non-hydrogen) atoms. The van der Waals surface area contributed by atoms with Gasteiger partial charge < -0.3 is 9.47 Å². The lowest BCUT2D eigenvalue weighted by Gasteiger charge is -2.07. The summed E-state index contributed by atoms with van der Waals surface area (Å²) in [7, 11) is 0. The number of carbonyl (C=O) groups is 2. The van der Waals surface area contributed by atoms with Crippen molar-refractivity contribution in [2.75, 3.05) is 18.5 Å². The standard InChI is InChI=1S/C18H15BrN2O4S/c1-11-2-7-14-15(8-11)26-18(20-14)21-16(22)9-25-17(23)10-24-13-5-3-12(19)4-6-13/h2-8H,9-10H2,1H3,(H,20,21,22). The van der Waals surface area contributed by atoms with Gasteiger partial charge in [0.15, 0.2) is 18.3 Å². The molecule has 6 nitrogen and oxygen atoms in total. The maximum Gasteiger partial charge on any atom is 0.344 e. The third-order valence-electron chi connectivity index (χ3n) is 3.32. The van der Waals surface area contributed by atoms with Gasteiger partial charge in [0.05, 0.1) is 10.2 Å². The predicted octanol–water partition coefficient (Wildman–Crippen LogP) is 3.93. The summed E-state index contributed by atoms with van der Waals surface area (Å²) in [5.74, 6) is -0.528. The first kappa shape index (κ1) is 18.3. The molecule has 0 fully saturated rings. The van der Waals surface area contributed by atoms with Crippen LogP contribution in [0.2, 0.25) is 0 Å². The predicted molar refractivity (Wildman–Crippen MR) is 104 cm³/mol. The van der Waals surface area contributed by atoms with Crippen LogP contribution in [0.1, 0.15) is 5.56 Å². The molecule has 3 rings (SSSR count). The van der Waals surface area contributed by atoms with Gasteiger partial charge in [-0.15, -0.1) is 0 Å². The van der Waals surface area contributed by atoms with E-state index in [0.29, 0.717) is 10.9 Å². The van der Waals surface area contributed by atoms with E-state index in [1.54, 1.807) is 24.3 Å². The summed E-state index contributed by atoms with van der Waals surface area (Å²) >= 11 is 4.68. The van der Waals surface area contributed by atoms with Crippen molar-refractivity contribution < 1.29 is 19.1 Å². The number of anilines is 1. The number of amides is 1. The van der Waals surface area contributed by atoms with Crippen molar-refractivity contribution in [3.05, 3.63) is 52.5 Å². The number of thiazole rings is 1. The minimum atomic E-state index is -0.622. The van der Waals surface area contributed by atoms with Gasteiger partial charge in [0.1, 0.15) is 5.75 Å². The maximum atomic E-state index is 11.9. The van der Waals surface area contributed by atoms with Crippen molar-refractivity contribution in [3.63, 3.8) is 0 Å². The molecule has 0 bridgehead atoms. The van der Waals surface area contributed by atoms with E-state index in [4.69, 9.17) is 9.47 Å². The van der Waals surface area contributed by atoms with Gasteiger partial charge in [0, 0.05) is 4.47 Å². The molecule has 1 aromatic heterocycles. The van der Waals surface area contributed by atoms with E-state index in [2.05, 4.69) is 26.2 Å². The van der Waals surface area contributed by atoms with E-state index in [1.807, 2.05) is 25.1 Å². The highest BCUT2D eigenvalue weighted by molar-refractivity contribution is 9.10. The Kier molecular flexibility index (Phi) is 5.85. The highest BCUT2D eigenvalue weighted by atomic mass is 79.9. The van der Waals surface area contributed by atoms with Crippen LogP contribution in [0.4, 0.5) is 5.13 Å². The van der Waals surface area contributed by atoms with Gasteiger partial charge in [-0.2, -0.15) is 0 Å². The number of ether oxygens (including phenoxy) is 2. The fraction of sp³-hybridized carbons (Fsp3) is 0.167. The molecule has 0 radical (unpaired) electrons. The molecule has 3 aromatic rings. The van der Waals surface area contributed by atoms with Gasteiger partial charge in [-0.3, -0.25) is 10.1 Å². The molecule has 0 unspecified atom stereocenters. The molecule has 0 saturated carbocycles. The minimum Gasteiger partial charge on any atom is -0.482 e. The van der Waals surface area contributed by atoms with Crippen LogP contribution in [0.25, 0.3) is 10.2 Å². The summed E-state index contributed by atoms with van der Waals surface area (Å²) in [6.07, 6.45) is 0. The van der Waals surface area contributed by atoms with Crippen molar-refractivity contribution in [2.45, 2.75) is 6.92 Å². The number of rotatable bonds is 6. The van der Waals surface area contributed by atoms with Crippen molar-refractivity contribution >= 4 is 54.5 Å². The van der Waals surface area contributed by atoms with Gasteiger partial charge >= 0.3 is 5.97 Å². The molecule has 1 amide bonds. The smallest absolute Gasteiger partial charge is 0.344 e. The molecular weight excluding hydrogens is 420 g/mol. The topological polar surface area (TPSA) is 77.5 Å². The molecule has 0 spiro atoms. The molecular formula is C18H15BrN2O4S. The molecule has 0 atom stereocenters. The van der Waals surface area contributed by atoms with Crippen LogP contribution in [0.15, 0.2) is 46.9 Å². The van der Waals surface area contributed by atoms with Gasteiger partial charge in [0.2, 0.25) is 0 Å². The van der Waals surface area contributed by atoms with Crippen molar-refractivity contribution in [3.8, 4) is 5.75 Å². The normalized spacial score (nSPS) is 10.5. The Bertz CT molecular complexity index is 940. The third kappa shape index (κ3) is 5.03. The fourth-order valence-electron chi connectivity index (χ4n) is 2.10. The average molecular weight is 435 g/mol. The van der Waals surface area contributed by atoms with E-state index >= 15 is 0 Å². The van der Waals surface area contributed by atoms with Crippen LogP contribution in [-0.2, 0) is 14.3 Å². The monoisotopic (exact) mass is 434 g/mol. The number of aryl methyl sites for hydroxylation is 1. The maximum absolute atomic E-state index is 11.9. The summed E-state index contributed by atoms with van der Waals surface area (Å²) < 4.78 is 12.1. The van der Waals surface area contributed by atoms with Gasteiger partial charge in [-0.05, 0) is 48.9 Å². The molecule has 1 N–H and O–H groups in total. The Morgan fingerprint density at radius 3 is 2.69 bits per heavy atom. The van der Waals surface area contributed by atoms with E-state index in [0.717, 1.165) is 20.3 Å². The molecule has 0 aliphatic carbocycles. The number of esters is 1. The number of benzene rings is 2. The molecule has 0 saturated heterocycles. The highest BCUT2D eigenvalue weighted by Crippen LogP contribution is 2.26. The Balaban J connectivity index is 1.45. The lowest BCUT2D eigenvalue weighted by Crippen LogP contribution is -2.23. The first-order chi connectivity index (χ1) is 12.5. The first-order valence-corrected chi connectivity index (χ1v) is 9.31. The SMILES string of the molecule is Cc1ccc2nc(NC(=O)COC(=O)COc3ccc(Br)cc3)sc2c1. The number of nitrogens with zero attached hydrogens (tertiary/aromatic N) is 1. The number of halogens is 1. The zero-order chi connectivity index (χ0) is 18.5. The van der Waals surface area contributed by atoms with Crippen molar-refractivity contribution in [1.29, 1.82) is 0 Å². The minimum absolute atomic E-state index is 0.269. The second-order valence-corrected chi connectivity index (χ2v) is 7.39. The lowest BCUT2D eigenvalue weighted by atomic mass is 10.2. The zero-order valence-corrected chi connectivity index (χ0v) is 16.2. The van der Waals surface area contributed by atoms with Crippen LogP contribution < -0.4 is 10.1 Å². The van der Waals surface area contributed by atoms with Crippen LogP contribution in [0, 0.1) is 6.92 Å². The Morgan fingerprint density at radius 1 is 1.15 bits per heavy atom. The summed E-state index contributed by atoms with van der Waals surface area (Å²) in [6, 6.07) is 12.9. The van der Waals surface area contributed by atoms with Crippen LogP contribution in [0.3, 0.4) is 0 Å². The molecule has 2 aromatic carbocycles. The zero-order valence-electron chi connectivity index (χ0n) is 13.8. The van der Waals surface area contributed by atoms with Gasteiger partial charge in [-0.25, -0.2) is 9.78 Å². The van der Waals surface area contributed by atoms with E-state index < -0.39 is 18.5 Å². The summed E-state index contributed by atoms with van der Waals surface area (Å²) in [6.45, 7) is 1.33. The largest absolute Gasteiger partial charge is 0.482 e. The van der Waals surface area contributed by atoms with Crippen LogP contribution >= 0.6 is 27.3 Å². The first-order valence-electron chi connectivity index (χ1n) is 7.70. The summed E-state index contributed by atoms with van der Waals surface area (Å²) in [4.78, 5) is 27.9. The average Bonchev–Trinajstić information content (AvgIpc) is 3.00. The fourth-order valence-corrected chi connectivity index (χ4v) is 3.35. The molecule has 1 heterocycles. The van der Waals surface area contributed by atoms with Crippen LogP contribution in [0.5, 0.6) is 5.75 Å². The number of nitrogens with one attached hydrogen (secondary N) is 1. The number of hydrogen-bond acceptors (Lipinski definition) is 6. The Morgan fingerprint density at radius 2 is 1.92 bits per heavy atom. The Labute approximate surface area is 162 Å². The third-order valence-corrected chi connectivity index (χ3v) is 4.79. The number of carbonyl (C=O) groups excluding carboxylic acids is 2. The van der Waals surface area contributed by atoms with E-state index in [-0.39, 0.29) is 6.61 Å². The highest BCUT2D eigenvalue weighted by Gasteiger charge is 2.11. The van der Waals surface area contributed by atoms with Gasteiger partial charge in [-0.1, -0.05) is 33.3 Å². The molecule has 8 heteroatoms. The lowest BCUT2D eigenvalue weighted by molar-refractivity contribution is -0.149. The summed E-state index contributed by atoms with van der Waals surface area (Å²) in [5.41, 5.74) is 1.94. The van der Waals surface area contributed by atoms with Gasteiger partial charge in [0.25, 0.3) is 5.91 Å². The second-order valence-electron chi connectivity index (χ2n) is 5.44. The molecule has 0 aliphatic heterocycles. The Hall–Kier alpha value is -2.45. The van der Waals surface area contributed by atoms with E-state index in [1.165, 1.54) is 11.3 Å². The number of aromatic nitrogens is 1. The summed E-state index contributed by atoms with van der Waals surface area (Å²) in [5, 5.41) is 3.10. The van der Waals surface area contributed by atoms with Crippen LogP contribution in [-0.4, -0.2) is 30.1 Å². The molecule has 0 aliphatic rings. The number of fused-ring (bicyclic) bond motifs is 1. The number of hydrogen-bond donors (Lipinski definition) is 1. The second kappa shape index (κ2) is 8.29. The van der Waals surface area contributed by atoms with E-state index in [9.17, 15) is 9.59 Å². The quantitative estimate of drug-likeness (QED) is 0.594. The van der Waals surface area contributed by atoms with Crippen molar-refractivity contribution in [2.24, 2.45) is 0 Å². The molecule has 134 valence electrons.